The van der Waals surface area contributed by atoms with Crippen LogP contribution in [0.2, 0.25) is 0 Å². The highest BCUT2D eigenvalue weighted by Gasteiger charge is 2.69. The highest BCUT2D eigenvalue weighted by molar-refractivity contribution is 5.96. The SMILES string of the molecule is CC(C)(C)C(NC1COC1)C(=O)N1C[C@H]2[C@@H]([C@H]1C(=O)NC(C(N)=O)c1nncc3ccccc13)C2(C)C. The Morgan fingerprint density at radius 3 is 2.51 bits per heavy atom. The second-order valence-electron chi connectivity index (χ2n) is 12.3. The zero-order valence-corrected chi connectivity index (χ0v) is 22.0. The Morgan fingerprint density at radius 1 is 1.19 bits per heavy atom. The summed E-state index contributed by atoms with van der Waals surface area (Å²) in [6, 6.07) is 5.11. The molecule has 2 aliphatic heterocycles. The van der Waals surface area contributed by atoms with Gasteiger partial charge in [0, 0.05) is 17.3 Å². The van der Waals surface area contributed by atoms with Crippen LogP contribution >= 0.6 is 0 Å². The number of hydrogen-bond acceptors (Lipinski definition) is 7. The third-order valence-corrected chi connectivity index (χ3v) is 8.36. The summed E-state index contributed by atoms with van der Waals surface area (Å²) in [6.07, 6.45) is 1.60. The second-order valence-corrected chi connectivity index (χ2v) is 12.3. The van der Waals surface area contributed by atoms with Crippen molar-refractivity contribution in [1.29, 1.82) is 0 Å². The van der Waals surface area contributed by atoms with E-state index in [1.807, 2.05) is 45.0 Å². The molecule has 3 heterocycles. The van der Waals surface area contributed by atoms with Crippen LogP contribution in [0.5, 0.6) is 0 Å². The molecule has 3 amide bonds. The van der Waals surface area contributed by atoms with Gasteiger partial charge in [-0.25, -0.2) is 0 Å². The first-order valence-electron chi connectivity index (χ1n) is 12.9. The van der Waals surface area contributed by atoms with E-state index in [1.54, 1.807) is 11.1 Å². The van der Waals surface area contributed by atoms with Crippen molar-refractivity contribution < 1.29 is 19.1 Å². The average molecular weight is 509 g/mol. The lowest BCUT2D eigenvalue weighted by atomic mass is 9.84. The number of carbonyl (C=O) groups is 3. The Labute approximate surface area is 216 Å². The van der Waals surface area contributed by atoms with Crippen molar-refractivity contribution in [3.63, 3.8) is 0 Å². The maximum absolute atomic E-state index is 14.0. The lowest BCUT2D eigenvalue weighted by Gasteiger charge is -2.41. The van der Waals surface area contributed by atoms with E-state index in [0.29, 0.717) is 30.8 Å². The molecule has 4 N–H and O–H groups in total. The van der Waals surface area contributed by atoms with Crippen molar-refractivity contribution in [1.82, 2.24) is 25.7 Å². The molecule has 1 aliphatic carbocycles. The van der Waals surface area contributed by atoms with E-state index in [1.165, 1.54) is 0 Å². The molecule has 1 saturated carbocycles. The zero-order valence-electron chi connectivity index (χ0n) is 22.0. The molecular weight excluding hydrogens is 472 g/mol. The lowest BCUT2D eigenvalue weighted by Crippen LogP contribution is -2.62. The fraction of sp³-hybridized carbons (Fsp3) is 0.593. The van der Waals surface area contributed by atoms with Crippen molar-refractivity contribution in [3.8, 4) is 0 Å². The van der Waals surface area contributed by atoms with Crippen LogP contribution in [-0.2, 0) is 19.1 Å². The number of nitrogens with one attached hydrogen (secondary N) is 2. The number of rotatable bonds is 7. The fourth-order valence-electron chi connectivity index (χ4n) is 6.00. The van der Waals surface area contributed by atoms with E-state index < -0.39 is 29.9 Å². The highest BCUT2D eigenvalue weighted by atomic mass is 16.5. The van der Waals surface area contributed by atoms with E-state index in [-0.39, 0.29) is 34.6 Å². The molecule has 5 rings (SSSR count). The first-order chi connectivity index (χ1) is 17.4. The van der Waals surface area contributed by atoms with E-state index in [0.717, 1.165) is 5.39 Å². The molecule has 10 heteroatoms. The van der Waals surface area contributed by atoms with Crippen LogP contribution in [-0.4, -0.2) is 70.7 Å². The molecule has 5 atom stereocenters. The summed E-state index contributed by atoms with van der Waals surface area (Å²) in [5.74, 6) is -1.03. The predicted octanol–water partition coefficient (Wildman–Crippen LogP) is 1.16. The number of nitrogens with zero attached hydrogens (tertiary/aromatic N) is 3. The van der Waals surface area contributed by atoms with E-state index >= 15 is 0 Å². The van der Waals surface area contributed by atoms with Crippen molar-refractivity contribution in [2.24, 2.45) is 28.4 Å². The van der Waals surface area contributed by atoms with Gasteiger partial charge in [0.2, 0.25) is 17.7 Å². The largest absolute Gasteiger partial charge is 0.378 e. The number of carbonyl (C=O) groups excluding carboxylic acids is 3. The second kappa shape index (κ2) is 9.02. The first-order valence-corrected chi connectivity index (χ1v) is 12.9. The fourth-order valence-corrected chi connectivity index (χ4v) is 6.00. The van der Waals surface area contributed by atoms with Gasteiger partial charge in [-0.2, -0.15) is 10.2 Å². The predicted molar refractivity (Wildman–Crippen MR) is 137 cm³/mol. The molecule has 0 radical (unpaired) electrons. The van der Waals surface area contributed by atoms with Crippen LogP contribution in [0.4, 0.5) is 0 Å². The first kappa shape index (κ1) is 25.5. The normalized spacial score (nSPS) is 26.2. The van der Waals surface area contributed by atoms with Crippen LogP contribution in [0.25, 0.3) is 10.8 Å². The third-order valence-electron chi connectivity index (χ3n) is 8.36. The molecule has 1 aromatic carbocycles. The smallest absolute Gasteiger partial charge is 0.246 e. The molecule has 1 aromatic heterocycles. The molecule has 0 spiro atoms. The van der Waals surface area contributed by atoms with Crippen LogP contribution in [0.1, 0.15) is 46.4 Å². The number of nitrogens with two attached hydrogens (primary N) is 1. The number of benzene rings is 1. The van der Waals surface area contributed by atoms with E-state index in [4.69, 9.17) is 10.5 Å². The van der Waals surface area contributed by atoms with Gasteiger partial charge in [0.25, 0.3) is 0 Å². The van der Waals surface area contributed by atoms with Crippen molar-refractivity contribution in [2.75, 3.05) is 19.8 Å². The summed E-state index contributed by atoms with van der Waals surface area (Å²) in [5, 5.41) is 15.9. The molecule has 10 nitrogen and oxygen atoms in total. The highest BCUT2D eigenvalue weighted by Crippen LogP contribution is 2.65. The molecular formula is C27H36N6O4. The maximum Gasteiger partial charge on any atom is 0.246 e. The average Bonchev–Trinajstić information content (AvgIpc) is 3.14. The summed E-state index contributed by atoms with van der Waals surface area (Å²) in [6.45, 7) is 11.9. The van der Waals surface area contributed by atoms with Gasteiger partial charge in [-0.05, 0) is 22.7 Å². The van der Waals surface area contributed by atoms with Gasteiger partial charge in [-0.15, -0.1) is 0 Å². The van der Waals surface area contributed by atoms with Crippen molar-refractivity contribution >= 4 is 28.5 Å². The Kier molecular flexibility index (Phi) is 6.23. The van der Waals surface area contributed by atoms with Crippen LogP contribution < -0.4 is 16.4 Å². The minimum Gasteiger partial charge on any atom is -0.378 e. The molecule has 37 heavy (non-hydrogen) atoms. The molecule has 3 aliphatic rings. The molecule has 0 bridgehead atoms. The Bertz CT molecular complexity index is 1230. The van der Waals surface area contributed by atoms with Gasteiger partial charge in [0.1, 0.15) is 11.7 Å². The molecule has 3 fully saturated rings. The van der Waals surface area contributed by atoms with Gasteiger partial charge in [0.15, 0.2) is 6.04 Å². The third kappa shape index (κ3) is 4.46. The lowest BCUT2D eigenvalue weighted by molar-refractivity contribution is -0.145. The summed E-state index contributed by atoms with van der Waals surface area (Å²) in [4.78, 5) is 42.1. The summed E-state index contributed by atoms with van der Waals surface area (Å²) >= 11 is 0. The maximum atomic E-state index is 14.0. The monoisotopic (exact) mass is 508 g/mol. The van der Waals surface area contributed by atoms with Gasteiger partial charge in [-0.3, -0.25) is 19.7 Å². The summed E-state index contributed by atoms with van der Waals surface area (Å²) < 4.78 is 5.30. The minimum absolute atomic E-state index is 0.00349. The topological polar surface area (TPSA) is 140 Å². The Morgan fingerprint density at radius 2 is 1.89 bits per heavy atom. The molecule has 2 unspecified atom stereocenters. The van der Waals surface area contributed by atoms with Crippen molar-refractivity contribution in [2.45, 2.75) is 58.8 Å². The van der Waals surface area contributed by atoms with Crippen molar-refractivity contribution in [3.05, 3.63) is 36.2 Å². The van der Waals surface area contributed by atoms with Gasteiger partial charge >= 0.3 is 0 Å². The van der Waals surface area contributed by atoms with Gasteiger partial charge in [0.05, 0.1) is 31.5 Å². The standard InChI is InChI=1S/C27H36N6O4/c1-26(2,3)22(30-15-12-37-13-15)25(36)33-11-17-18(27(17,4)5)21(33)24(35)31-20(23(28)34)19-16-9-7-6-8-14(16)10-29-32-19/h6-10,15,17-18,20-22,30H,11-13H2,1-5H3,(H2,28,34)(H,31,35)/t17-,18-,20?,21-,22?/m0/s1. The molecule has 2 aromatic rings. The number of fused-ring (bicyclic) bond motifs is 2. The minimum atomic E-state index is -1.17. The number of hydrogen-bond donors (Lipinski definition) is 3. The number of ether oxygens (including phenoxy) is 1. The van der Waals surface area contributed by atoms with Crippen LogP contribution in [0.3, 0.4) is 0 Å². The van der Waals surface area contributed by atoms with E-state index in [9.17, 15) is 14.4 Å². The van der Waals surface area contributed by atoms with Gasteiger partial charge < -0.3 is 20.7 Å². The number of likely N-dealkylation sites (tertiary alicyclic amines) is 1. The zero-order chi connectivity index (χ0) is 26.7. The van der Waals surface area contributed by atoms with Crippen LogP contribution in [0, 0.1) is 22.7 Å². The van der Waals surface area contributed by atoms with Crippen LogP contribution in [0.15, 0.2) is 30.5 Å². The summed E-state index contributed by atoms with van der Waals surface area (Å²) in [7, 11) is 0. The number of primary amides is 1. The van der Waals surface area contributed by atoms with Gasteiger partial charge in [-0.1, -0.05) is 58.9 Å². The molecule has 2 saturated heterocycles. The quantitative estimate of drug-likeness (QED) is 0.510. The Balaban J connectivity index is 1.43. The number of piperidine rings is 1. The van der Waals surface area contributed by atoms with E-state index in [2.05, 4.69) is 34.7 Å². The molecule has 198 valence electrons. The Hall–Kier alpha value is -3.11. The number of amides is 3. The number of aromatic nitrogens is 2. The summed E-state index contributed by atoms with van der Waals surface area (Å²) in [5.41, 5.74) is 5.60.